The van der Waals surface area contributed by atoms with Gasteiger partial charge in [-0.3, -0.25) is 0 Å². The van der Waals surface area contributed by atoms with Gasteiger partial charge >= 0.3 is 0 Å². The molecule has 2 aromatic heterocycles. The Kier molecular flexibility index (Phi) is 3.90. The maximum atomic E-state index is 5.32. The SMILES string of the molecule is COc1ccc2nc(N3CCN(c4nc5ccccc5s4)CC3)sc2c1. The first-order valence-electron chi connectivity index (χ1n) is 8.60. The standard InChI is InChI=1S/C19H18N4OS2/c1-24-13-6-7-15-17(12-13)26-19(21-15)23-10-8-22(9-11-23)18-20-14-4-2-3-5-16(14)25-18/h2-7,12H,8-11H2,1H3. The molecule has 1 aliphatic rings. The number of piperazine rings is 1. The highest BCUT2D eigenvalue weighted by Crippen LogP contribution is 2.33. The van der Waals surface area contributed by atoms with Gasteiger partial charge in [0, 0.05) is 26.2 Å². The van der Waals surface area contributed by atoms with Gasteiger partial charge in [0.15, 0.2) is 10.3 Å². The lowest BCUT2D eigenvalue weighted by atomic mass is 10.3. The Balaban J connectivity index is 1.33. The number of rotatable bonds is 3. The molecule has 0 amide bonds. The highest BCUT2D eigenvalue weighted by atomic mass is 32.1. The summed E-state index contributed by atoms with van der Waals surface area (Å²) in [5, 5.41) is 2.22. The summed E-state index contributed by atoms with van der Waals surface area (Å²) >= 11 is 3.52. The maximum absolute atomic E-state index is 5.32. The largest absolute Gasteiger partial charge is 0.497 e. The van der Waals surface area contributed by atoms with Crippen LogP contribution in [-0.2, 0) is 0 Å². The Morgan fingerprint density at radius 1 is 0.808 bits per heavy atom. The van der Waals surface area contributed by atoms with Crippen LogP contribution in [0.1, 0.15) is 0 Å². The summed E-state index contributed by atoms with van der Waals surface area (Å²) in [7, 11) is 1.70. The third-order valence-electron chi connectivity index (χ3n) is 4.69. The predicted molar refractivity (Wildman–Crippen MR) is 110 cm³/mol. The average molecular weight is 383 g/mol. The van der Waals surface area contributed by atoms with Gasteiger partial charge in [-0.15, -0.1) is 0 Å². The van der Waals surface area contributed by atoms with E-state index in [0.29, 0.717) is 0 Å². The zero-order valence-electron chi connectivity index (χ0n) is 14.4. The number of hydrogen-bond acceptors (Lipinski definition) is 7. The van der Waals surface area contributed by atoms with E-state index in [1.165, 1.54) is 9.40 Å². The Morgan fingerprint density at radius 2 is 1.42 bits per heavy atom. The fraction of sp³-hybridized carbons (Fsp3) is 0.263. The molecule has 0 N–H and O–H groups in total. The molecule has 1 fully saturated rings. The summed E-state index contributed by atoms with van der Waals surface area (Å²) in [5.41, 5.74) is 2.13. The van der Waals surface area contributed by atoms with Gasteiger partial charge < -0.3 is 14.5 Å². The lowest BCUT2D eigenvalue weighted by Gasteiger charge is -2.34. The zero-order valence-corrected chi connectivity index (χ0v) is 16.0. The third kappa shape index (κ3) is 2.77. The molecule has 0 radical (unpaired) electrons. The van der Waals surface area contributed by atoms with Crippen molar-refractivity contribution in [1.29, 1.82) is 0 Å². The van der Waals surface area contributed by atoms with Crippen molar-refractivity contribution < 1.29 is 4.74 Å². The van der Waals surface area contributed by atoms with E-state index >= 15 is 0 Å². The maximum Gasteiger partial charge on any atom is 0.186 e. The minimum absolute atomic E-state index is 0.883. The van der Waals surface area contributed by atoms with Gasteiger partial charge in [-0.1, -0.05) is 34.8 Å². The van der Waals surface area contributed by atoms with Crippen LogP contribution in [0.15, 0.2) is 42.5 Å². The first kappa shape index (κ1) is 15.8. The highest BCUT2D eigenvalue weighted by Gasteiger charge is 2.22. The third-order valence-corrected chi connectivity index (χ3v) is 6.86. The second kappa shape index (κ2) is 6.41. The van der Waals surface area contributed by atoms with E-state index < -0.39 is 0 Å². The molecule has 0 aliphatic carbocycles. The van der Waals surface area contributed by atoms with E-state index in [-0.39, 0.29) is 0 Å². The van der Waals surface area contributed by atoms with E-state index in [0.717, 1.165) is 53.2 Å². The number of anilines is 2. The summed E-state index contributed by atoms with van der Waals surface area (Å²) in [6.45, 7) is 3.87. The van der Waals surface area contributed by atoms with Crippen molar-refractivity contribution in [3.8, 4) is 5.75 Å². The molecule has 2 aromatic carbocycles. The molecule has 3 heterocycles. The van der Waals surface area contributed by atoms with Crippen LogP contribution >= 0.6 is 22.7 Å². The molecule has 4 aromatic rings. The van der Waals surface area contributed by atoms with Crippen molar-refractivity contribution in [3.63, 3.8) is 0 Å². The van der Waals surface area contributed by atoms with Gasteiger partial charge in [0.1, 0.15) is 5.75 Å². The molecule has 0 spiro atoms. The number of hydrogen-bond donors (Lipinski definition) is 0. The van der Waals surface area contributed by atoms with Crippen molar-refractivity contribution in [2.75, 3.05) is 43.1 Å². The van der Waals surface area contributed by atoms with E-state index in [1.54, 1.807) is 29.8 Å². The van der Waals surface area contributed by atoms with Crippen LogP contribution in [0.5, 0.6) is 5.75 Å². The summed E-state index contributed by atoms with van der Waals surface area (Å²) in [6.07, 6.45) is 0. The van der Waals surface area contributed by atoms with Crippen LogP contribution in [0.4, 0.5) is 10.3 Å². The molecule has 5 nitrogen and oxygen atoms in total. The van der Waals surface area contributed by atoms with Crippen LogP contribution in [-0.4, -0.2) is 43.3 Å². The molecule has 0 bridgehead atoms. The van der Waals surface area contributed by atoms with Crippen LogP contribution in [0.3, 0.4) is 0 Å². The van der Waals surface area contributed by atoms with Crippen LogP contribution in [0, 0.1) is 0 Å². The van der Waals surface area contributed by atoms with Crippen molar-refractivity contribution in [1.82, 2.24) is 9.97 Å². The van der Waals surface area contributed by atoms with E-state index in [4.69, 9.17) is 14.7 Å². The fourth-order valence-corrected chi connectivity index (χ4v) is 5.30. The van der Waals surface area contributed by atoms with Crippen LogP contribution in [0.25, 0.3) is 20.4 Å². The number of thiazole rings is 2. The Bertz CT molecular complexity index is 1030. The molecule has 1 aliphatic heterocycles. The number of aromatic nitrogens is 2. The van der Waals surface area contributed by atoms with Crippen LogP contribution < -0.4 is 14.5 Å². The van der Waals surface area contributed by atoms with Gasteiger partial charge in [0.25, 0.3) is 0 Å². The smallest absolute Gasteiger partial charge is 0.186 e. The molecular formula is C19H18N4OS2. The minimum Gasteiger partial charge on any atom is -0.497 e. The van der Waals surface area contributed by atoms with Gasteiger partial charge in [0.2, 0.25) is 0 Å². The van der Waals surface area contributed by atoms with E-state index in [1.807, 2.05) is 18.2 Å². The lowest BCUT2D eigenvalue weighted by molar-refractivity contribution is 0.415. The molecule has 5 rings (SSSR count). The molecule has 0 saturated carbocycles. The normalized spacial score (nSPS) is 15.1. The molecule has 1 saturated heterocycles. The number of para-hydroxylation sites is 1. The summed E-state index contributed by atoms with van der Waals surface area (Å²) in [5.74, 6) is 0.883. The number of nitrogens with zero attached hydrogens (tertiary/aromatic N) is 4. The van der Waals surface area contributed by atoms with Crippen LogP contribution in [0.2, 0.25) is 0 Å². The average Bonchev–Trinajstić information content (AvgIpc) is 3.31. The summed E-state index contributed by atoms with van der Waals surface area (Å²) < 4.78 is 7.75. The molecule has 7 heteroatoms. The minimum atomic E-state index is 0.883. The molecule has 132 valence electrons. The lowest BCUT2D eigenvalue weighted by Crippen LogP contribution is -2.46. The van der Waals surface area contributed by atoms with Crippen molar-refractivity contribution in [2.45, 2.75) is 0 Å². The second-order valence-corrected chi connectivity index (χ2v) is 8.29. The number of fused-ring (bicyclic) bond motifs is 2. The van der Waals surface area contributed by atoms with Crippen molar-refractivity contribution >= 4 is 53.4 Å². The molecule has 0 unspecified atom stereocenters. The fourth-order valence-electron chi connectivity index (χ4n) is 3.24. The molecule has 0 atom stereocenters. The second-order valence-electron chi connectivity index (χ2n) is 6.27. The summed E-state index contributed by atoms with van der Waals surface area (Å²) in [6, 6.07) is 14.4. The first-order chi connectivity index (χ1) is 12.8. The van der Waals surface area contributed by atoms with E-state index in [9.17, 15) is 0 Å². The quantitative estimate of drug-likeness (QED) is 0.530. The zero-order chi connectivity index (χ0) is 17.5. The van der Waals surface area contributed by atoms with Crippen molar-refractivity contribution in [2.24, 2.45) is 0 Å². The van der Waals surface area contributed by atoms with Gasteiger partial charge in [0.05, 0.1) is 27.5 Å². The monoisotopic (exact) mass is 382 g/mol. The molecule has 26 heavy (non-hydrogen) atoms. The van der Waals surface area contributed by atoms with Crippen molar-refractivity contribution in [3.05, 3.63) is 42.5 Å². The van der Waals surface area contributed by atoms with Gasteiger partial charge in [-0.2, -0.15) is 0 Å². The molecular weight excluding hydrogens is 364 g/mol. The Hall–Kier alpha value is -2.38. The topological polar surface area (TPSA) is 41.5 Å². The Morgan fingerprint density at radius 3 is 2.08 bits per heavy atom. The van der Waals surface area contributed by atoms with Gasteiger partial charge in [-0.05, 0) is 30.3 Å². The number of methoxy groups -OCH3 is 1. The number of benzene rings is 2. The highest BCUT2D eigenvalue weighted by molar-refractivity contribution is 7.22. The van der Waals surface area contributed by atoms with E-state index in [2.05, 4.69) is 34.1 Å². The first-order valence-corrected chi connectivity index (χ1v) is 10.2. The number of ether oxygens (including phenoxy) is 1. The van der Waals surface area contributed by atoms with Gasteiger partial charge in [-0.25, -0.2) is 9.97 Å². The predicted octanol–water partition coefficient (Wildman–Crippen LogP) is 4.24. The summed E-state index contributed by atoms with van der Waals surface area (Å²) in [4.78, 5) is 14.4. The Labute approximate surface area is 159 Å².